The Labute approximate surface area is 155 Å². The molecule has 8 heteroatoms. The highest BCUT2D eigenvalue weighted by Crippen LogP contribution is 2.29. The zero-order valence-corrected chi connectivity index (χ0v) is 15.9. The summed E-state index contributed by atoms with van der Waals surface area (Å²) in [6, 6.07) is 11.0. The van der Waals surface area contributed by atoms with Crippen molar-refractivity contribution in [1.82, 2.24) is 5.32 Å². The smallest absolute Gasteiger partial charge is 0.265 e. The predicted molar refractivity (Wildman–Crippen MR) is 100 cm³/mol. The molecule has 2 aromatic carbocycles. The van der Waals surface area contributed by atoms with Gasteiger partial charge < -0.3 is 10.1 Å². The van der Waals surface area contributed by atoms with Gasteiger partial charge in [0, 0.05) is 11.0 Å². The van der Waals surface area contributed by atoms with E-state index in [0.717, 1.165) is 0 Å². The van der Waals surface area contributed by atoms with Gasteiger partial charge in [0.15, 0.2) is 0 Å². The van der Waals surface area contributed by atoms with Crippen molar-refractivity contribution in [2.24, 2.45) is 0 Å². The van der Waals surface area contributed by atoms with Gasteiger partial charge in [-0.25, -0.2) is 8.42 Å². The number of hydrogen-bond acceptors (Lipinski definition) is 4. The van der Waals surface area contributed by atoms with Crippen LogP contribution in [0, 0.1) is 0 Å². The van der Waals surface area contributed by atoms with E-state index in [0.29, 0.717) is 4.47 Å². The van der Waals surface area contributed by atoms with Crippen molar-refractivity contribution in [3.8, 4) is 5.75 Å². The second-order valence-electron chi connectivity index (χ2n) is 4.94. The quantitative estimate of drug-likeness (QED) is 0.668. The molecule has 0 saturated heterocycles. The van der Waals surface area contributed by atoms with Crippen molar-refractivity contribution in [1.29, 1.82) is 0 Å². The van der Waals surface area contributed by atoms with Crippen molar-refractivity contribution in [2.75, 3.05) is 18.4 Å². The summed E-state index contributed by atoms with van der Waals surface area (Å²) in [6.45, 7) is 3.81. The van der Waals surface area contributed by atoms with Gasteiger partial charge in [-0.1, -0.05) is 34.1 Å². The molecule has 0 aliphatic heterocycles. The molecule has 0 saturated carbocycles. The largest absolute Gasteiger partial charge is 0.495 e. The summed E-state index contributed by atoms with van der Waals surface area (Å²) in [7, 11) is -2.57. The summed E-state index contributed by atoms with van der Waals surface area (Å²) >= 11 is 3.25. The third kappa shape index (κ3) is 4.61. The topological polar surface area (TPSA) is 84.5 Å². The number of carbonyl (C=O) groups is 1. The molecule has 2 rings (SSSR count). The molecule has 1 amide bonds. The van der Waals surface area contributed by atoms with Crippen LogP contribution in [0.1, 0.15) is 10.4 Å². The highest BCUT2D eigenvalue weighted by molar-refractivity contribution is 9.10. The lowest BCUT2D eigenvalue weighted by Crippen LogP contribution is -2.25. The lowest BCUT2D eigenvalue weighted by molar-refractivity contribution is 0.0959. The third-order valence-corrected chi connectivity index (χ3v) is 5.12. The maximum absolute atomic E-state index is 12.8. The van der Waals surface area contributed by atoms with Crippen molar-refractivity contribution < 1.29 is 17.9 Å². The van der Waals surface area contributed by atoms with E-state index in [2.05, 4.69) is 32.5 Å². The van der Waals surface area contributed by atoms with E-state index in [1.807, 2.05) is 0 Å². The third-order valence-electron chi connectivity index (χ3n) is 3.24. The number of benzene rings is 2. The molecule has 0 aliphatic carbocycles. The molecule has 25 heavy (non-hydrogen) atoms. The molecule has 2 N–H and O–H groups in total. The Hall–Kier alpha value is -2.32. The Balaban J connectivity index is 2.41. The Bertz CT molecular complexity index is 897. The molecule has 0 spiro atoms. The van der Waals surface area contributed by atoms with Gasteiger partial charge in [-0.2, -0.15) is 0 Å². The standard InChI is InChI=1S/C17H17BrN2O4S/c1-3-10-19-17(21)13-6-4-5-7-14(13)20-25(22,23)16-11-12(18)8-9-15(16)24-2/h3-9,11,20H,1,10H2,2H3,(H,19,21). The van der Waals surface area contributed by atoms with Crippen LogP contribution in [0.2, 0.25) is 0 Å². The summed E-state index contributed by atoms with van der Waals surface area (Å²) in [5, 5.41) is 2.62. The number of rotatable bonds is 7. The predicted octanol–water partition coefficient (Wildman–Crippen LogP) is 3.17. The molecule has 0 aliphatic rings. The number of sulfonamides is 1. The van der Waals surface area contributed by atoms with Crippen molar-refractivity contribution in [3.05, 3.63) is 65.2 Å². The van der Waals surface area contributed by atoms with Gasteiger partial charge in [0.25, 0.3) is 15.9 Å². The summed E-state index contributed by atoms with van der Waals surface area (Å²) in [4.78, 5) is 12.2. The van der Waals surface area contributed by atoms with E-state index in [-0.39, 0.29) is 28.4 Å². The maximum Gasteiger partial charge on any atom is 0.265 e. The average Bonchev–Trinajstić information content (AvgIpc) is 2.59. The fourth-order valence-electron chi connectivity index (χ4n) is 2.09. The zero-order valence-electron chi connectivity index (χ0n) is 13.5. The second kappa shape index (κ2) is 8.17. The van der Waals surface area contributed by atoms with Gasteiger partial charge in [-0.15, -0.1) is 6.58 Å². The summed E-state index contributed by atoms with van der Waals surface area (Å²) in [6.07, 6.45) is 1.54. The Morgan fingerprint density at radius 3 is 2.68 bits per heavy atom. The van der Waals surface area contributed by atoms with E-state index in [1.165, 1.54) is 31.4 Å². The molecule has 0 radical (unpaired) electrons. The van der Waals surface area contributed by atoms with E-state index >= 15 is 0 Å². The Kier molecular flexibility index (Phi) is 6.22. The van der Waals surface area contributed by atoms with Crippen LogP contribution < -0.4 is 14.8 Å². The fraction of sp³-hybridized carbons (Fsp3) is 0.118. The van der Waals surface area contributed by atoms with Crippen LogP contribution in [-0.2, 0) is 10.0 Å². The van der Waals surface area contributed by atoms with E-state index in [9.17, 15) is 13.2 Å². The molecule has 6 nitrogen and oxygen atoms in total. The van der Waals surface area contributed by atoms with Crippen LogP contribution in [0.25, 0.3) is 0 Å². The van der Waals surface area contributed by atoms with E-state index < -0.39 is 15.9 Å². The first kappa shape index (κ1) is 19.0. The van der Waals surface area contributed by atoms with Gasteiger partial charge in [-0.3, -0.25) is 9.52 Å². The van der Waals surface area contributed by atoms with Crippen LogP contribution in [0.3, 0.4) is 0 Å². The minimum atomic E-state index is -3.96. The number of nitrogens with one attached hydrogen (secondary N) is 2. The average molecular weight is 425 g/mol. The summed E-state index contributed by atoms with van der Waals surface area (Å²) in [5.74, 6) is -0.205. The number of carbonyl (C=O) groups excluding carboxylic acids is 1. The van der Waals surface area contributed by atoms with Gasteiger partial charge in [-0.05, 0) is 30.3 Å². The first-order valence-electron chi connectivity index (χ1n) is 7.23. The monoisotopic (exact) mass is 424 g/mol. The molecule has 2 aromatic rings. The number of methoxy groups -OCH3 is 1. The normalized spacial score (nSPS) is 10.8. The van der Waals surface area contributed by atoms with E-state index in [1.54, 1.807) is 24.3 Å². The lowest BCUT2D eigenvalue weighted by Gasteiger charge is -2.14. The van der Waals surface area contributed by atoms with Crippen LogP contribution in [0.15, 0.2) is 64.5 Å². The minimum Gasteiger partial charge on any atom is -0.495 e. The molecule has 132 valence electrons. The first-order chi connectivity index (χ1) is 11.9. The van der Waals surface area contributed by atoms with Gasteiger partial charge >= 0.3 is 0 Å². The minimum absolute atomic E-state index is 0.0364. The zero-order chi connectivity index (χ0) is 18.4. The van der Waals surface area contributed by atoms with Crippen molar-refractivity contribution in [3.63, 3.8) is 0 Å². The first-order valence-corrected chi connectivity index (χ1v) is 9.51. The number of anilines is 1. The van der Waals surface area contributed by atoms with Crippen molar-refractivity contribution >= 4 is 37.5 Å². The maximum atomic E-state index is 12.8. The van der Waals surface area contributed by atoms with Gasteiger partial charge in [0.2, 0.25) is 0 Å². The lowest BCUT2D eigenvalue weighted by atomic mass is 10.1. The Morgan fingerprint density at radius 2 is 2.00 bits per heavy atom. The molecule has 0 fully saturated rings. The summed E-state index contributed by atoms with van der Waals surface area (Å²) < 4.78 is 33.7. The van der Waals surface area contributed by atoms with Crippen LogP contribution in [0.4, 0.5) is 5.69 Å². The van der Waals surface area contributed by atoms with Crippen LogP contribution >= 0.6 is 15.9 Å². The summed E-state index contributed by atoms with van der Waals surface area (Å²) in [5.41, 5.74) is 0.382. The number of para-hydroxylation sites is 1. The van der Waals surface area contributed by atoms with Crippen LogP contribution in [-0.4, -0.2) is 28.0 Å². The Morgan fingerprint density at radius 1 is 1.28 bits per heavy atom. The number of halogens is 1. The van der Waals surface area contributed by atoms with Gasteiger partial charge in [0.1, 0.15) is 10.6 Å². The fourth-order valence-corrected chi connectivity index (χ4v) is 3.88. The molecule has 0 bridgehead atoms. The highest BCUT2D eigenvalue weighted by Gasteiger charge is 2.22. The second-order valence-corrected chi connectivity index (χ2v) is 7.51. The molecular formula is C17H17BrN2O4S. The number of hydrogen-bond donors (Lipinski definition) is 2. The molecular weight excluding hydrogens is 408 g/mol. The molecule has 0 unspecified atom stereocenters. The molecule has 0 heterocycles. The molecule has 0 aromatic heterocycles. The molecule has 0 atom stereocenters. The van der Waals surface area contributed by atoms with Crippen molar-refractivity contribution in [2.45, 2.75) is 4.90 Å². The highest BCUT2D eigenvalue weighted by atomic mass is 79.9. The van der Waals surface area contributed by atoms with Gasteiger partial charge in [0.05, 0.1) is 18.4 Å². The van der Waals surface area contributed by atoms with E-state index in [4.69, 9.17) is 4.74 Å². The van der Waals surface area contributed by atoms with Crippen LogP contribution in [0.5, 0.6) is 5.75 Å². The number of ether oxygens (including phenoxy) is 1. The SMILES string of the molecule is C=CCNC(=O)c1ccccc1NS(=O)(=O)c1cc(Br)ccc1OC. The number of amides is 1.